The van der Waals surface area contributed by atoms with Crippen molar-refractivity contribution < 1.29 is 9.90 Å². The molecule has 0 aliphatic rings. The minimum absolute atomic E-state index is 0.410. The zero-order valence-corrected chi connectivity index (χ0v) is 10.1. The van der Waals surface area contributed by atoms with Crippen molar-refractivity contribution in [1.82, 2.24) is 5.32 Å². The highest BCUT2D eigenvalue weighted by atomic mass is 16.4. The first-order valence-corrected chi connectivity index (χ1v) is 5.50. The lowest BCUT2D eigenvalue weighted by molar-refractivity contribution is -0.138. The molecular weight excluding hydrogens is 202 g/mol. The molecule has 1 rings (SSSR count). The Bertz CT molecular complexity index is 374. The summed E-state index contributed by atoms with van der Waals surface area (Å²) in [6.45, 7) is 4.75. The van der Waals surface area contributed by atoms with Crippen LogP contribution < -0.4 is 5.32 Å². The molecule has 0 spiro atoms. The maximum Gasteiger partial charge on any atom is 0.311 e. The Kier molecular flexibility index (Phi) is 4.50. The molecule has 2 N–H and O–H groups in total. The van der Waals surface area contributed by atoms with Crippen LogP contribution in [0.1, 0.15) is 29.0 Å². The molecule has 0 saturated heterocycles. The lowest BCUT2D eigenvalue weighted by Crippen LogP contribution is -2.18. The maximum absolute atomic E-state index is 11.2. The van der Waals surface area contributed by atoms with Crippen LogP contribution in [0.25, 0.3) is 0 Å². The molecule has 0 aliphatic carbocycles. The Morgan fingerprint density at radius 1 is 1.38 bits per heavy atom. The number of rotatable bonds is 5. The lowest BCUT2D eigenvalue weighted by Gasteiger charge is -2.14. The largest absolute Gasteiger partial charge is 0.481 e. The van der Waals surface area contributed by atoms with Crippen LogP contribution in [0.5, 0.6) is 0 Å². The highest BCUT2D eigenvalue weighted by Crippen LogP contribution is 2.22. The second-order valence-electron chi connectivity index (χ2n) is 4.13. The number of carboxylic acid groups (broad SMARTS) is 1. The number of carbonyl (C=O) groups is 1. The van der Waals surface area contributed by atoms with Crippen molar-refractivity contribution in [2.24, 2.45) is 0 Å². The summed E-state index contributed by atoms with van der Waals surface area (Å²) in [5.74, 6) is -1.16. The van der Waals surface area contributed by atoms with Crippen molar-refractivity contribution >= 4 is 5.97 Å². The number of nitrogens with one attached hydrogen (secondary N) is 1. The molecule has 0 aliphatic heterocycles. The summed E-state index contributed by atoms with van der Waals surface area (Å²) in [6.07, 6.45) is 0.619. The van der Waals surface area contributed by atoms with E-state index in [1.54, 1.807) is 0 Å². The highest BCUT2D eigenvalue weighted by molar-refractivity contribution is 5.76. The molecule has 3 heteroatoms. The van der Waals surface area contributed by atoms with Gasteiger partial charge in [0, 0.05) is 0 Å². The molecule has 0 saturated carbocycles. The van der Waals surface area contributed by atoms with Crippen LogP contribution in [0.15, 0.2) is 18.2 Å². The van der Waals surface area contributed by atoms with Crippen molar-refractivity contribution in [2.75, 3.05) is 13.6 Å². The topological polar surface area (TPSA) is 49.3 Å². The first kappa shape index (κ1) is 12.7. The van der Waals surface area contributed by atoms with Crippen molar-refractivity contribution in [1.29, 1.82) is 0 Å². The second kappa shape index (κ2) is 5.66. The molecule has 3 nitrogen and oxygen atoms in total. The van der Waals surface area contributed by atoms with Crippen LogP contribution in [-0.4, -0.2) is 24.7 Å². The SMILES string of the molecule is CNCCC(C(=O)O)c1ccc(C)c(C)c1. The second-order valence-corrected chi connectivity index (χ2v) is 4.13. The van der Waals surface area contributed by atoms with Crippen molar-refractivity contribution in [3.63, 3.8) is 0 Å². The van der Waals surface area contributed by atoms with Gasteiger partial charge in [-0.15, -0.1) is 0 Å². The Morgan fingerprint density at radius 2 is 2.06 bits per heavy atom. The van der Waals surface area contributed by atoms with Crippen LogP contribution in [0.3, 0.4) is 0 Å². The Labute approximate surface area is 96.5 Å². The van der Waals surface area contributed by atoms with Crippen LogP contribution in [-0.2, 0) is 4.79 Å². The normalized spacial score (nSPS) is 12.4. The molecule has 16 heavy (non-hydrogen) atoms. The van der Waals surface area contributed by atoms with Gasteiger partial charge in [0.05, 0.1) is 5.92 Å². The zero-order valence-electron chi connectivity index (χ0n) is 10.1. The van der Waals surface area contributed by atoms with E-state index in [0.717, 1.165) is 11.1 Å². The molecule has 0 fully saturated rings. The molecule has 0 heterocycles. The van der Waals surface area contributed by atoms with E-state index in [4.69, 9.17) is 0 Å². The number of aliphatic carboxylic acids is 1. The third-order valence-corrected chi connectivity index (χ3v) is 2.91. The third-order valence-electron chi connectivity index (χ3n) is 2.91. The van der Waals surface area contributed by atoms with E-state index < -0.39 is 11.9 Å². The van der Waals surface area contributed by atoms with Gasteiger partial charge < -0.3 is 10.4 Å². The molecule has 1 unspecified atom stereocenters. The molecule has 0 amide bonds. The van der Waals surface area contributed by atoms with E-state index in [9.17, 15) is 9.90 Å². The highest BCUT2D eigenvalue weighted by Gasteiger charge is 2.19. The van der Waals surface area contributed by atoms with Gasteiger partial charge in [-0.1, -0.05) is 18.2 Å². The number of aryl methyl sites for hydroxylation is 2. The standard InChI is InChI=1S/C13H19NO2/c1-9-4-5-11(8-10(9)2)12(13(15)16)6-7-14-3/h4-5,8,12,14H,6-7H2,1-3H3,(H,15,16). The van der Waals surface area contributed by atoms with Crippen LogP contribution >= 0.6 is 0 Å². The first-order chi connectivity index (χ1) is 7.56. The summed E-state index contributed by atoms with van der Waals surface area (Å²) in [5, 5.41) is 12.2. The van der Waals surface area contributed by atoms with Gasteiger partial charge in [-0.3, -0.25) is 4.79 Å². The maximum atomic E-state index is 11.2. The molecular formula is C13H19NO2. The van der Waals surface area contributed by atoms with Gasteiger partial charge in [-0.05, 0) is 50.6 Å². The minimum Gasteiger partial charge on any atom is -0.481 e. The number of hydrogen-bond acceptors (Lipinski definition) is 2. The fourth-order valence-corrected chi connectivity index (χ4v) is 1.70. The van der Waals surface area contributed by atoms with E-state index in [0.29, 0.717) is 13.0 Å². The zero-order chi connectivity index (χ0) is 12.1. The fourth-order valence-electron chi connectivity index (χ4n) is 1.70. The molecule has 1 aromatic carbocycles. The minimum atomic E-state index is -0.751. The van der Waals surface area contributed by atoms with E-state index >= 15 is 0 Å². The van der Waals surface area contributed by atoms with Crippen molar-refractivity contribution in [3.05, 3.63) is 34.9 Å². The van der Waals surface area contributed by atoms with Crippen molar-refractivity contribution in [2.45, 2.75) is 26.2 Å². The van der Waals surface area contributed by atoms with Crippen LogP contribution in [0.2, 0.25) is 0 Å². The van der Waals surface area contributed by atoms with Gasteiger partial charge in [0.2, 0.25) is 0 Å². The van der Waals surface area contributed by atoms with Crippen LogP contribution in [0, 0.1) is 13.8 Å². The van der Waals surface area contributed by atoms with Gasteiger partial charge in [-0.25, -0.2) is 0 Å². The molecule has 0 bridgehead atoms. The lowest BCUT2D eigenvalue weighted by atomic mass is 9.93. The Balaban J connectivity index is 2.92. The quantitative estimate of drug-likeness (QED) is 0.800. The number of carboxylic acids is 1. The predicted molar refractivity (Wildman–Crippen MR) is 64.8 cm³/mol. The molecule has 0 aromatic heterocycles. The summed E-state index contributed by atoms with van der Waals surface area (Å²) in [5.41, 5.74) is 3.24. The molecule has 88 valence electrons. The van der Waals surface area contributed by atoms with E-state index in [1.807, 2.05) is 39.1 Å². The van der Waals surface area contributed by atoms with Crippen molar-refractivity contribution in [3.8, 4) is 0 Å². The average Bonchev–Trinajstić information content (AvgIpc) is 2.23. The number of hydrogen-bond donors (Lipinski definition) is 2. The summed E-state index contributed by atoms with van der Waals surface area (Å²) < 4.78 is 0. The molecule has 0 radical (unpaired) electrons. The van der Waals surface area contributed by atoms with E-state index in [-0.39, 0.29) is 0 Å². The Hall–Kier alpha value is -1.35. The van der Waals surface area contributed by atoms with Gasteiger partial charge in [0.1, 0.15) is 0 Å². The summed E-state index contributed by atoms with van der Waals surface area (Å²) in [7, 11) is 1.83. The third kappa shape index (κ3) is 3.07. The number of benzene rings is 1. The fraction of sp³-hybridized carbons (Fsp3) is 0.462. The molecule has 1 aromatic rings. The predicted octanol–water partition coefficient (Wildman–Crippen LogP) is 2.08. The summed E-state index contributed by atoms with van der Waals surface area (Å²) in [6, 6.07) is 5.88. The smallest absolute Gasteiger partial charge is 0.311 e. The monoisotopic (exact) mass is 221 g/mol. The van der Waals surface area contributed by atoms with E-state index in [2.05, 4.69) is 5.32 Å². The van der Waals surface area contributed by atoms with Crippen LogP contribution in [0.4, 0.5) is 0 Å². The van der Waals surface area contributed by atoms with Gasteiger partial charge in [-0.2, -0.15) is 0 Å². The van der Waals surface area contributed by atoms with Gasteiger partial charge in [0.25, 0.3) is 0 Å². The van der Waals surface area contributed by atoms with Gasteiger partial charge >= 0.3 is 5.97 Å². The van der Waals surface area contributed by atoms with E-state index in [1.165, 1.54) is 5.56 Å². The Morgan fingerprint density at radius 3 is 2.56 bits per heavy atom. The average molecular weight is 221 g/mol. The summed E-state index contributed by atoms with van der Waals surface area (Å²) >= 11 is 0. The first-order valence-electron chi connectivity index (χ1n) is 5.50. The molecule has 1 atom stereocenters. The summed E-state index contributed by atoms with van der Waals surface area (Å²) in [4.78, 5) is 11.2. The van der Waals surface area contributed by atoms with Gasteiger partial charge in [0.15, 0.2) is 0 Å².